The molecule has 0 unspecified atom stereocenters. The minimum absolute atomic E-state index is 0.0334. The third-order valence-corrected chi connectivity index (χ3v) is 5.63. The highest BCUT2D eigenvalue weighted by Gasteiger charge is 2.30. The van der Waals surface area contributed by atoms with Crippen LogP contribution in [0.3, 0.4) is 0 Å². The topological polar surface area (TPSA) is 64.3 Å². The van der Waals surface area contributed by atoms with Gasteiger partial charge in [0.15, 0.2) is 0 Å². The summed E-state index contributed by atoms with van der Waals surface area (Å²) in [6, 6.07) is 20.5. The van der Waals surface area contributed by atoms with Crippen molar-refractivity contribution in [3.8, 4) is 11.1 Å². The van der Waals surface area contributed by atoms with Crippen LogP contribution in [0, 0.1) is 0 Å². The van der Waals surface area contributed by atoms with Crippen molar-refractivity contribution < 1.29 is 22.7 Å². The molecule has 1 amide bonds. The highest BCUT2D eigenvalue weighted by molar-refractivity contribution is 5.79. The highest BCUT2D eigenvalue weighted by atomic mass is 19.4. The Morgan fingerprint density at radius 1 is 0.938 bits per heavy atom. The first-order chi connectivity index (χ1) is 15.3. The summed E-state index contributed by atoms with van der Waals surface area (Å²) in [6.45, 7) is 0.353. The molecular weight excluding hydrogens is 417 g/mol. The maximum absolute atomic E-state index is 12.7. The average molecular weight is 440 g/mol. The Balaban J connectivity index is 1.28. The number of amides is 1. The van der Waals surface area contributed by atoms with E-state index in [0.717, 1.165) is 34.4 Å². The number of nitrogens with one attached hydrogen (secondary N) is 1. The Morgan fingerprint density at radius 2 is 1.50 bits per heavy atom. The lowest BCUT2D eigenvalue weighted by Gasteiger charge is -2.16. The number of ether oxygens (including phenoxy) is 1. The molecule has 0 aromatic heterocycles. The number of halogens is 3. The Morgan fingerprint density at radius 3 is 2.06 bits per heavy atom. The lowest BCUT2D eigenvalue weighted by atomic mass is 9.98. The summed E-state index contributed by atoms with van der Waals surface area (Å²) < 4.78 is 43.4. The molecule has 3 aromatic rings. The predicted octanol–water partition coefficient (Wildman–Crippen LogP) is 5.11. The van der Waals surface area contributed by atoms with E-state index in [1.165, 1.54) is 12.1 Å². The largest absolute Gasteiger partial charge is 0.449 e. The Kier molecular flexibility index (Phi) is 6.19. The van der Waals surface area contributed by atoms with Crippen LogP contribution >= 0.6 is 0 Å². The lowest BCUT2D eigenvalue weighted by Crippen LogP contribution is -2.39. The maximum Gasteiger partial charge on any atom is 0.416 e. The van der Waals surface area contributed by atoms with Crippen molar-refractivity contribution in [2.24, 2.45) is 5.73 Å². The van der Waals surface area contributed by atoms with Gasteiger partial charge >= 0.3 is 12.3 Å². The van der Waals surface area contributed by atoms with Gasteiger partial charge in [-0.25, -0.2) is 4.79 Å². The molecule has 4 nitrogen and oxygen atoms in total. The van der Waals surface area contributed by atoms with E-state index >= 15 is 0 Å². The second-order valence-corrected chi connectivity index (χ2v) is 7.87. The number of carbonyl (C=O) groups is 1. The quantitative estimate of drug-likeness (QED) is 0.560. The van der Waals surface area contributed by atoms with Gasteiger partial charge in [0.1, 0.15) is 6.61 Å². The van der Waals surface area contributed by atoms with Gasteiger partial charge in [-0.2, -0.15) is 13.2 Å². The minimum Gasteiger partial charge on any atom is -0.449 e. The monoisotopic (exact) mass is 440 g/mol. The minimum atomic E-state index is -4.37. The number of hydrogen-bond donors (Lipinski definition) is 2. The molecule has 166 valence electrons. The fourth-order valence-corrected chi connectivity index (χ4v) is 4.07. The van der Waals surface area contributed by atoms with Gasteiger partial charge in [-0.3, -0.25) is 0 Å². The van der Waals surface area contributed by atoms with Crippen LogP contribution in [0.4, 0.5) is 18.0 Å². The van der Waals surface area contributed by atoms with E-state index in [4.69, 9.17) is 10.5 Å². The molecule has 1 atom stereocenters. The Labute approximate surface area is 184 Å². The zero-order valence-electron chi connectivity index (χ0n) is 17.2. The first-order valence-corrected chi connectivity index (χ1v) is 10.3. The lowest BCUT2D eigenvalue weighted by molar-refractivity contribution is -0.137. The first-order valence-electron chi connectivity index (χ1n) is 10.3. The summed E-state index contributed by atoms with van der Waals surface area (Å²) in [5.74, 6) is -0.0334. The van der Waals surface area contributed by atoms with E-state index in [1.807, 2.05) is 36.4 Å². The molecule has 0 bridgehead atoms. The van der Waals surface area contributed by atoms with Gasteiger partial charge in [-0.15, -0.1) is 0 Å². The van der Waals surface area contributed by atoms with Crippen LogP contribution in [0.15, 0.2) is 72.8 Å². The van der Waals surface area contributed by atoms with Crippen molar-refractivity contribution in [1.29, 1.82) is 0 Å². The number of benzene rings is 3. The first kappa shape index (κ1) is 21.9. The van der Waals surface area contributed by atoms with E-state index in [-0.39, 0.29) is 19.1 Å². The molecule has 0 saturated carbocycles. The molecule has 0 saturated heterocycles. The van der Waals surface area contributed by atoms with Gasteiger partial charge < -0.3 is 15.8 Å². The molecule has 0 fully saturated rings. The summed E-state index contributed by atoms with van der Waals surface area (Å²) in [7, 11) is 0. The third-order valence-electron chi connectivity index (χ3n) is 5.63. The summed E-state index contributed by atoms with van der Waals surface area (Å²) >= 11 is 0. The van der Waals surface area contributed by atoms with Crippen molar-refractivity contribution in [2.75, 3.05) is 13.2 Å². The fraction of sp³-hybridized carbons (Fsp3) is 0.240. The molecule has 3 N–H and O–H groups in total. The van der Waals surface area contributed by atoms with Crippen LogP contribution in [0.5, 0.6) is 0 Å². The van der Waals surface area contributed by atoms with Crippen molar-refractivity contribution in [2.45, 2.75) is 24.6 Å². The number of alkyl halides is 3. The number of alkyl carbamates (subject to hydrolysis) is 1. The zero-order chi connectivity index (χ0) is 22.7. The summed E-state index contributed by atoms with van der Waals surface area (Å²) in [5, 5.41) is 2.64. The van der Waals surface area contributed by atoms with E-state index in [2.05, 4.69) is 17.4 Å². The Hall–Kier alpha value is -3.32. The van der Waals surface area contributed by atoms with Crippen molar-refractivity contribution in [1.82, 2.24) is 5.32 Å². The number of hydrogen-bond acceptors (Lipinski definition) is 3. The second-order valence-electron chi connectivity index (χ2n) is 7.87. The van der Waals surface area contributed by atoms with Gasteiger partial charge in [0.2, 0.25) is 0 Å². The number of nitrogens with two attached hydrogens (primary N) is 1. The summed E-state index contributed by atoms with van der Waals surface area (Å²) in [4.78, 5) is 12.2. The van der Waals surface area contributed by atoms with E-state index in [0.29, 0.717) is 12.0 Å². The standard InChI is InChI=1S/C25H23F3N2O2/c26-25(27,28)17-11-9-16(10-12-17)13-18(29)14-30-24(31)32-15-23-21-7-3-1-5-19(21)20-6-2-4-8-22(20)23/h1-12,18,23H,13-15,29H2,(H,30,31)/t18-/m1/s1. The molecule has 0 spiro atoms. The molecule has 4 rings (SSSR count). The van der Waals surface area contributed by atoms with Crippen LogP contribution in [-0.4, -0.2) is 25.3 Å². The maximum atomic E-state index is 12.7. The van der Waals surface area contributed by atoms with E-state index in [1.54, 1.807) is 0 Å². The summed E-state index contributed by atoms with van der Waals surface area (Å²) in [6.07, 6.45) is -4.61. The molecule has 0 aliphatic heterocycles. The van der Waals surface area contributed by atoms with Crippen molar-refractivity contribution >= 4 is 6.09 Å². The SMILES string of the molecule is N[C@@H](CNC(=O)OCC1c2ccccc2-c2ccccc21)Cc1ccc(C(F)(F)F)cc1. The highest BCUT2D eigenvalue weighted by Crippen LogP contribution is 2.44. The Bertz CT molecular complexity index is 1050. The number of fused-ring (bicyclic) bond motifs is 3. The van der Waals surface area contributed by atoms with Crippen LogP contribution in [0.1, 0.15) is 28.2 Å². The van der Waals surface area contributed by atoms with Gasteiger partial charge in [0, 0.05) is 18.5 Å². The molecule has 0 heterocycles. The van der Waals surface area contributed by atoms with Gasteiger partial charge in [0.25, 0.3) is 0 Å². The molecule has 7 heteroatoms. The van der Waals surface area contributed by atoms with Crippen LogP contribution in [0.2, 0.25) is 0 Å². The van der Waals surface area contributed by atoms with Gasteiger partial charge in [-0.1, -0.05) is 60.7 Å². The van der Waals surface area contributed by atoms with Crippen molar-refractivity contribution in [3.05, 3.63) is 95.1 Å². The molecule has 3 aromatic carbocycles. The number of carbonyl (C=O) groups excluding carboxylic acids is 1. The molecule has 32 heavy (non-hydrogen) atoms. The van der Waals surface area contributed by atoms with Crippen LogP contribution < -0.4 is 11.1 Å². The normalized spacial score (nSPS) is 13.9. The number of rotatable bonds is 6. The molecule has 0 radical (unpaired) electrons. The van der Waals surface area contributed by atoms with Crippen molar-refractivity contribution in [3.63, 3.8) is 0 Å². The predicted molar refractivity (Wildman–Crippen MR) is 116 cm³/mol. The summed E-state index contributed by atoms with van der Waals surface area (Å²) in [5.41, 5.74) is 10.5. The van der Waals surface area contributed by atoms with E-state index in [9.17, 15) is 18.0 Å². The second kappa shape index (κ2) is 9.04. The fourth-order valence-electron chi connectivity index (χ4n) is 4.07. The molecule has 1 aliphatic carbocycles. The smallest absolute Gasteiger partial charge is 0.416 e. The molecule has 1 aliphatic rings. The zero-order valence-corrected chi connectivity index (χ0v) is 17.2. The van der Waals surface area contributed by atoms with Crippen LogP contribution in [0.25, 0.3) is 11.1 Å². The molecular formula is C25H23F3N2O2. The van der Waals surface area contributed by atoms with E-state index < -0.39 is 23.9 Å². The average Bonchev–Trinajstić information content (AvgIpc) is 3.10. The van der Waals surface area contributed by atoms with Gasteiger partial charge in [0.05, 0.1) is 5.56 Å². The third kappa shape index (κ3) is 4.78. The van der Waals surface area contributed by atoms with Gasteiger partial charge in [-0.05, 0) is 46.4 Å². The van der Waals surface area contributed by atoms with Crippen LogP contribution in [-0.2, 0) is 17.3 Å².